The van der Waals surface area contributed by atoms with Gasteiger partial charge in [0.1, 0.15) is 0 Å². The van der Waals surface area contributed by atoms with E-state index >= 15 is 0 Å². The Morgan fingerprint density at radius 2 is 1.90 bits per heavy atom. The number of nitrogens with zero attached hydrogens (tertiary/aromatic N) is 1. The van der Waals surface area contributed by atoms with Gasteiger partial charge in [-0.1, -0.05) is 35.9 Å². The lowest BCUT2D eigenvalue weighted by atomic mass is 9.88. The van der Waals surface area contributed by atoms with Crippen LogP contribution in [0.3, 0.4) is 0 Å². The van der Waals surface area contributed by atoms with Crippen LogP contribution >= 0.6 is 0 Å². The zero-order chi connectivity index (χ0) is 13.9. The van der Waals surface area contributed by atoms with Gasteiger partial charge in [0.15, 0.2) is 5.78 Å². The van der Waals surface area contributed by atoms with Crippen LogP contribution in [0.25, 0.3) is 0 Å². The monoisotopic (exact) mass is 269 g/mol. The molecule has 104 valence electrons. The summed E-state index contributed by atoms with van der Waals surface area (Å²) < 4.78 is 0. The molecule has 1 unspecified atom stereocenters. The quantitative estimate of drug-likeness (QED) is 0.846. The van der Waals surface area contributed by atoms with Gasteiger partial charge < -0.3 is 4.90 Å². The average molecular weight is 269 g/mol. The molecule has 1 heterocycles. The van der Waals surface area contributed by atoms with E-state index < -0.39 is 0 Å². The van der Waals surface area contributed by atoms with Crippen LogP contribution in [0.5, 0.6) is 0 Å². The molecule has 3 rings (SSSR count). The van der Waals surface area contributed by atoms with Crippen molar-refractivity contribution in [3.63, 3.8) is 0 Å². The predicted molar refractivity (Wildman–Crippen MR) is 76.9 cm³/mol. The molecular weight excluding hydrogens is 250 g/mol. The van der Waals surface area contributed by atoms with Gasteiger partial charge in [0.2, 0.25) is 5.91 Å². The molecule has 1 aliphatic heterocycles. The normalized spacial score (nSPS) is 23.1. The first-order chi connectivity index (χ1) is 9.74. The van der Waals surface area contributed by atoms with E-state index in [4.69, 9.17) is 0 Å². The molecule has 0 bridgehead atoms. The van der Waals surface area contributed by atoms with E-state index in [1.807, 2.05) is 35.2 Å². The Kier molecular flexibility index (Phi) is 3.68. The molecule has 0 aromatic heterocycles. The maximum Gasteiger partial charge on any atom is 0.230 e. The van der Waals surface area contributed by atoms with Gasteiger partial charge >= 0.3 is 0 Å². The molecule has 0 saturated carbocycles. The summed E-state index contributed by atoms with van der Waals surface area (Å²) in [4.78, 5) is 25.9. The van der Waals surface area contributed by atoms with Gasteiger partial charge in [-0.2, -0.15) is 0 Å². The largest absolute Gasteiger partial charge is 0.338 e. The van der Waals surface area contributed by atoms with Gasteiger partial charge in [0.05, 0.1) is 5.92 Å². The molecule has 0 radical (unpaired) electrons. The SMILES string of the molecule is O=C1C=C(C2CCN(Cc3ccccc3)C2=O)CCC1. The summed E-state index contributed by atoms with van der Waals surface area (Å²) in [6, 6.07) is 10.1. The van der Waals surface area contributed by atoms with Crippen molar-refractivity contribution in [3.8, 4) is 0 Å². The predicted octanol–water partition coefficient (Wildman–Crippen LogP) is 2.71. The number of ketones is 1. The van der Waals surface area contributed by atoms with Crippen molar-refractivity contribution >= 4 is 11.7 Å². The molecule has 0 spiro atoms. The van der Waals surface area contributed by atoms with Gasteiger partial charge in [0.25, 0.3) is 0 Å². The number of likely N-dealkylation sites (tertiary alicyclic amines) is 1. The molecule has 1 aromatic rings. The fourth-order valence-corrected chi connectivity index (χ4v) is 3.14. The standard InChI is InChI=1S/C17H19NO2/c19-15-8-4-7-14(11-15)16-9-10-18(17(16)20)12-13-5-2-1-3-6-13/h1-3,5-6,11,16H,4,7-10,12H2. The van der Waals surface area contributed by atoms with Crippen LogP contribution in [-0.2, 0) is 16.1 Å². The summed E-state index contributed by atoms with van der Waals surface area (Å²) >= 11 is 0. The van der Waals surface area contributed by atoms with Gasteiger partial charge in [-0.3, -0.25) is 9.59 Å². The van der Waals surface area contributed by atoms with Gasteiger partial charge in [-0.15, -0.1) is 0 Å². The van der Waals surface area contributed by atoms with Crippen LogP contribution in [0, 0.1) is 5.92 Å². The summed E-state index contributed by atoms with van der Waals surface area (Å²) in [5.41, 5.74) is 2.22. The number of allylic oxidation sites excluding steroid dienone is 1. The topological polar surface area (TPSA) is 37.4 Å². The van der Waals surface area contributed by atoms with E-state index in [0.717, 1.165) is 36.9 Å². The second kappa shape index (κ2) is 5.61. The maximum absolute atomic E-state index is 12.5. The number of hydrogen-bond donors (Lipinski definition) is 0. The average Bonchev–Trinajstić information content (AvgIpc) is 2.81. The van der Waals surface area contributed by atoms with Crippen LogP contribution in [0.4, 0.5) is 0 Å². The number of rotatable bonds is 3. The Morgan fingerprint density at radius 1 is 1.10 bits per heavy atom. The Balaban J connectivity index is 1.70. The Labute approximate surface area is 119 Å². The minimum atomic E-state index is -0.0528. The lowest BCUT2D eigenvalue weighted by Gasteiger charge is -2.19. The molecule has 1 aliphatic carbocycles. The van der Waals surface area contributed by atoms with E-state index in [2.05, 4.69) is 0 Å². The summed E-state index contributed by atoms with van der Waals surface area (Å²) in [6.45, 7) is 1.47. The third kappa shape index (κ3) is 2.67. The Bertz CT molecular complexity index is 547. The van der Waals surface area contributed by atoms with Crippen molar-refractivity contribution in [2.24, 2.45) is 5.92 Å². The highest BCUT2D eigenvalue weighted by Crippen LogP contribution is 2.31. The third-order valence-electron chi connectivity index (χ3n) is 4.20. The zero-order valence-electron chi connectivity index (χ0n) is 11.5. The number of carbonyl (C=O) groups excluding carboxylic acids is 2. The van der Waals surface area contributed by atoms with Crippen LogP contribution in [0.2, 0.25) is 0 Å². The van der Waals surface area contributed by atoms with E-state index in [0.29, 0.717) is 13.0 Å². The number of amides is 1. The van der Waals surface area contributed by atoms with Gasteiger partial charge in [-0.25, -0.2) is 0 Å². The van der Waals surface area contributed by atoms with Crippen molar-refractivity contribution < 1.29 is 9.59 Å². The van der Waals surface area contributed by atoms with E-state index in [1.165, 1.54) is 0 Å². The summed E-state index contributed by atoms with van der Waals surface area (Å²) in [7, 11) is 0. The minimum Gasteiger partial charge on any atom is -0.338 e. The second-order valence-electron chi connectivity index (χ2n) is 5.63. The Hall–Kier alpha value is -1.90. The summed E-state index contributed by atoms with van der Waals surface area (Å²) in [5.74, 6) is 0.318. The lowest BCUT2D eigenvalue weighted by Crippen LogP contribution is -2.28. The first kappa shape index (κ1) is 13.1. The van der Waals surface area contributed by atoms with Crippen LogP contribution in [-0.4, -0.2) is 23.1 Å². The van der Waals surface area contributed by atoms with Crippen molar-refractivity contribution in [1.29, 1.82) is 0 Å². The van der Waals surface area contributed by atoms with E-state index in [-0.39, 0.29) is 17.6 Å². The first-order valence-corrected chi connectivity index (χ1v) is 7.30. The van der Waals surface area contributed by atoms with E-state index in [9.17, 15) is 9.59 Å². The van der Waals surface area contributed by atoms with E-state index in [1.54, 1.807) is 6.08 Å². The molecular formula is C17H19NO2. The van der Waals surface area contributed by atoms with Crippen LogP contribution in [0.1, 0.15) is 31.2 Å². The molecule has 20 heavy (non-hydrogen) atoms. The van der Waals surface area contributed by atoms with Crippen molar-refractivity contribution in [2.75, 3.05) is 6.54 Å². The number of benzene rings is 1. The molecule has 2 aliphatic rings. The number of carbonyl (C=O) groups is 2. The molecule has 3 nitrogen and oxygen atoms in total. The molecule has 1 saturated heterocycles. The fourth-order valence-electron chi connectivity index (χ4n) is 3.14. The maximum atomic E-state index is 12.5. The highest BCUT2D eigenvalue weighted by Gasteiger charge is 2.34. The molecule has 3 heteroatoms. The highest BCUT2D eigenvalue weighted by molar-refractivity contribution is 5.93. The summed E-state index contributed by atoms with van der Waals surface area (Å²) in [5, 5.41) is 0. The molecule has 1 amide bonds. The van der Waals surface area contributed by atoms with Gasteiger partial charge in [0, 0.05) is 19.5 Å². The van der Waals surface area contributed by atoms with Crippen molar-refractivity contribution in [1.82, 2.24) is 4.90 Å². The summed E-state index contributed by atoms with van der Waals surface area (Å²) in [6.07, 6.45) is 5.01. The zero-order valence-corrected chi connectivity index (χ0v) is 11.5. The van der Waals surface area contributed by atoms with Crippen molar-refractivity contribution in [3.05, 3.63) is 47.5 Å². The van der Waals surface area contributed by atoms with Crippen LogP contribution < -0.4 is 0 Å². The first-order valence-electron chi connectivity index (χ1n) is 7.30. The molecule has 0 N–H and O–H groups in total. The van der Waals surface area contributed by atoms with Gasteiger partial charge in [-0.05, 0) is 30.9 Å². The Morgan fingerprint density at radius 3 is 2.65 bits per heavy atom. The number of hydrogen-bond acceptors (Lipinski definition) is 2. The molecule has 1 atom stereocenters. The fraction of sp³-hybridized carbons (Fsp3) is 0.412. The third-order valence-corrected chi connectivity index (χ3v) is 4.20. The minimum absolute atomic E-state index is 0.0528. The van der Waals surface area contributed by atoms with Crippen molar-refractivity contribution in [2.45, 2.75) is 32.2 Å². The second-order valence-corrected chi connectivity index (χ2v) is 5.63. The molecule has 1 aromatic carbocycles. The molecule has 1 fully saturated rings. The lowest BCUT2D eigenvalue weighted by molar-refractivity contribution is -0.130. The van der Waals surface area contributed by atoms with Crippen LogP contribution in [0.15, 0.2) is 42.0 Å². The highest BCUT2D eigenvalue weighted by atomic mass is 16.2. The smallest absolute Gasteiger partial charge is 0.230 e.